The molecule has 0 spiro atoms. The molecule has 0 bridgehead atoms. The largest absolute Gasteiger partial charge is 0.465 e. The molecule has 0 amide bonds. The molecule has 0 N–H and O–H groups in total. The molecule has 0 aliphatic rings. The van der Waals surface area contributed by atoms with Crippen LogP contribution in [0.3, 0.4) is 0 Å². The van der Waals surface area contributed by atoms with Crippen LogP contribution in [0.4, 0.5) is 0 Å². The van der Waals surface area contributed by atoms with Crippen molar-refractivity contribution in [2.75, 3.05) is 12.4 Å². The molecule has 0 aliphatic heterocycles. The lowest BCUT2D eigenvalue weighted by atomic mass is 10.1. The van der Waals surface area contributed by atoms with Gasteiger partial charge in [0, 0.05) is 6.42 Å². The molecule has 0 aliphatic carbocycles. The van der Waals surface area contributed by atoms with Crippen LogP contribution in [0.1, 0.15) is 26.2 Å². The highest BCUT2D eigenvalue weighted by Crippen LogP contribution is 2.04. The summed E-state index contributed by atoms with van der Waals surface area (Å²) < 4.78 is 5.02. The topological polar surface area (TPSA) is 26.3 Å². The Labute approximate surface area is 90.4 Å². The van der Waals surface area contributed by atoms with Gasteiger partial charge in [0.25, 0.3) is 0 Å². The van der Waals surface area contributed by atoms with Crippen LogP contribution in [0.25, 0.3) is 0 Å². The number of carbonyl (C=O) groups excluding carboxylic acids is 1. The average molecular weight is 220 g/mol. The molecule has 0 aromatic rings. The first-order chi connectivity index (χ1) is 6.20. The van der Waals surface area contributed by atoms with E-state index in [0.29, 0.717) is 25.4 Å². The van der Waals surface area contributed by atoms with Gasteiger partial charge in [0.1, 0.15) is 0 Å². The number of thiocarbonyl (C=S) groups is 1. The number of thiol groups is 1. The molecule has 1 atom stereocenters. The molecule has 0 aromatic heterocycles. The maximum absolute atomic E-state index is 11.0. The molecular formula is C9H16O2S2. The van der Waals surface area contributed by atoms with E-state index in [0.717, 1.165) is 12.2 Å². The average Bonchev–Trinajstić information content (AvgIpc) is 2.12. The Morgan fingerprint density at radius 1 is 1.69 bits per heavy atom. The molecule has 0 radical (unpaired) electrons. The van der Waals surface area contributed by atoms with Gasteiger partial charge in [0.2, 0.25) is 0 Å². The van der Waals surface area contributed by atoms with Crippen LogP contribution in [0.5, 0.6) is 0 Å². The van der Waals surface area contributed by atoms with Crippen molar-refractivity contribution in [3.8, 4) is 0 Å². The highest BCUT2D eigenvalue weighted by atomic mass is 32.1. The van der Waals surface area contributed by atoms with Crippen molar-refractivity contribution in [1.82, 2.24) is 0 Å². The van der Waals surface area contributed by atoms with Crippen molar-refractivity contribution >= 4 is 36.2 Å². The lowest BCUT2D eigenvalue weighted by Crippen LogP contribution is -2.12. The SMILES string of the molecule is CC(CCS)COC(=O)CCC=S. The Bertz CT molecular complexity index is 160. The molecular weight excluding hydrogens is 204 g/mol. The summed E-state index contributed by atoms with van der Waals surface area (Å²) >= 11 is 8.71. The first kappa shape index (κ1) is 12.9. The smallest absolute Gasteiger partial charge is 0.306 e. The molecule has 76 valence electrons. The van der Waals surface area contributed by atoms with Gasteiger partial charge in [-0.05, 0) is 29.9 Å². The van der Waals surface area contributed by atoms with Crippen molar-refractivity contribution in [3.05, 3.63) is 0 Å². The minimum Gasteiger partial charge on any atom is -0.465 e. The van der Waals surface area contributed by atoms with Crippen LogP contribution < -0.4 is 0 Å². The Morgan fingerprint density at radius 2 is 2.38 bits per heavy atom. The summed E-state index contributed by atoms with van der Waals surface area (Å²) in [4.78, 5) is 11.0. The summed E-state index contributed by atoms with van der Waals surface area (Å²) in [5.74, 6) is 1.07. The second-order valence-electron chi connectivity index (χ2n) is 3.01. The molecule has 0 fully saturated rings. The van der Waals surface area contributed by atoms with Gasteiger partial charge in [-0.3, -0.25) is 4.79 Å². The molecule has 0 saturated heterocycles. The second kappa shape index (κ2) is 8.51. The zero-order chi connectivity index (χ0) is 10.1. The van der Waals surface area contributed by atoms with Crippen LogP contribution >= 0.6 is 24.8 Å². The third-order valence-corrected chi connectivity index (χ3v) is 2.11. The summed E-state index contributed by atoms with van der Waals surface area (Å²) in [6, 6.07) is 0. The third-order valence-electron chi connectivity index (χ3n) is 1.62. The molecule has 4 heteroatoms. The number of hydrogen-bond acceptors (Lipinski definition) is 4. The minimum atomic E-state index is -0.160. The van der Waals surface area contributed by atoms with Gasteiger partial charge in [-0.1, -0.05) is 19.1 Å². The van der Waals surface area contributed by atoms with E-state index >= 15 is 0 Å². The van der Waals surface area contributed by atoms with Crippen molar-refractivity contribution in [2.45, 2.75) is 26.2 Å². The lowest BCUT2D eigenvalue weighted by Gasteiger charge is -2.09. The van der Waals surface area contributed by atoms with E-state index in [1.807, 2.05) is 6.92 Å². The zero-order valence-corrected chi connectivity index (χ0v) is 9.57. The summed E-state index contributed by atoms with van der Waals surface area (Å²) in [5.41, 5.74) is 0. The van der Waals surface area contributed by atoms with Gasteiger partial charge in [-0.15, -0.1) is 0 Å². The fourth-order valence-electron chi connectivity index (χ4n) is 0.788. The molecule has 0 saturated carbocycles. The number of carbonyl (C=O) groups is 1. The fourth-order valence-corrected chi connectivity index (χ4v) is 1.35. The van der Waals surface area contributed by atoms with E-state index in [-0.39, 0.29) is 5.97 Å². The Morgan fingerprint density at radius 3 is 2.92 bits per heavy atom. The summed E-state index contributed by atoms with van der Waals surface area (Å²) in [6.07, 6.45) is 2.00. The molecule has 0 aromatic carbocycles. The van der Waals surface area contributed by atoms with Crippen molar-refractivity contribution in [1.29, 1.82) is 0 Å². The van der Waals surface area contributed by atoms with Crippen LogP contribution in [0.2, 0.25) is 0 Å². The van der Waals surface area contributed by atoms with Gasteiger partial charge in [-0.25, -0.2) is 0 Å². The first-order valence-corrected chi connectivity index (χ1v) is 5.51. The van der Waals surface area contributed by atoms with Crippen LogP contribution in [0, 0.1) is 5.92 Å². The maximum Gasteiger partial charge on any atom is 0.306 e. The van der Waals surface area contributed by atoms with Crippen molar-refractivity contribution in [2.24, 2.45) is 5.92 Å². The highest BCUT2D eigenvalue weighted by Gasteiger charge is 2.05. The number of ether oxygens (including phenoxy) is 1. The van der Waals surface area contributed by atoms with Gasteiger partial charge < -0.3 is 4.74 Å². The molecule has 2 nitrogen and oxygen atoms in total. The second-order valence-corrected chi connectivity index (χ2v) is 3.79. The Hall–Kier alpha value is -0.0900. The summed E-state index contributed by atoms with van der Waals surface area (Å²) in [5, 5.41) is 1.55. The normalized spacial score (nSPS) is 12.2. The van der Waals surface area contributed by atoms with E-state index in [9.17, 15) is 4.79 Å². The summed E-state index contributed by atoms with van der Waals surface area (Å²) in [7, 11) is 0. The van der Waals surface area contributed by atoms with Gasteiger partial charge >= 0.3 is 5.97 Å². The number of hydrogen-bond donors (Lipinski definition) is 1. The predicted octanol–water partition coefficient (Wildman–Crippen LogP) is 2.27. The highest BCUT2D eigenvalue weighted by molar-refractivity contribution is 7.80. The van der Waals surface area contributed by atoms with E-state index in [4.69, 9.17) is 4.74 Å². The molecule has 0 rings (SSSR count). The monoisotopic (exact) mass is 220 g/mol. The van der Waals surface area contributed by atoms with E-state index < -0.39 is 0 Å². The van der Waals surface area contributed by atoms with E-state index in [1.54, 1.807) is 5.37 Å². The fraction of sp³-hybridized carbons (Fsp3) is 0.778. The first-order valence-electron chi connectivity index (χ1n) is 4.40. The van der Waals surface area contributed by atoms with Gasteiger partial charge in [0.15, 0.2) is 0 Å². The minimum absolute atomic E-state index is 0.160. The Kier molecular flexibility index (Phi) is 8.45. The molecule has 1 unspecified atom stereocenters. The zero-order valence-electron chi connectivity index (χ0n) is 7.86. The van der Waals surface area contributed by atoms with Crippen LogP contribution in [-0.2, 0) is 9.53 Å². The van der Waals surface area contributed by atoms with E-state index in [2.05, 4.69) is 24.8 Å². The lowest BCUT2D eigenvalue weighted by molar-refractivity contribution is -0.144. The Balaban J connectivity index is 3.39. The van der Waals surface area contributed by atoms with Crippen LogP contribution in [-0.4, -0.2) is 23.7 Å². The quantitative estimate of drug-likeness (QED) is 0.405. The van der Waals surface area contributed by atoms with Crippen molar-refractivity contribution in [3.63, 3.8) is 0 Å². The molecule has 13 heavy (non-hydrogen) atoms. The van der Waals surface area contributed by atoms with Gasteiger partial charge in [0.05, 0.1) is 6.61 Å². The third kappa shape index (κ3) is 8.25. The van der Waals surface area contributed by atoms with E-state index in [1.165, 1.54) is 0 Å². The van der Waals surface area contributed by atoms with Crippen LogP contribution in [0.15, 0.2) is 0 Å². The molecule has 0 heterocycles. The number of rotatable bonds is 7. The standard InChI is InChI=1S/C9H16O2S2/c1-8(4-6-13)7-11-9(10)3-2-5-12/h5,8,13H,2-4,6-7H2,1H3. The van der Waals surface area contributed by atoms with Crippen molar-refractivity contribution < 1.29 is 9.53 Å². The maximum atomic E-state index is 11.0. The number of esters is 1. The predicted molar refractivity (Wildman–Crippen MR) is 61.5 cm³/mol. The summed E-state index contributed by atoms with van der Waals surface area (Å²) in [6.45, 7) is 2.54. The van der Waals surface area contributed by atoms with Gasteiger partial charge in [-0.2, -0.15) is 12.6 Å².